The molecule has 0 spiro atoms. The van der Waals surface area contributed by atoms with Gasteiger partial charge in [0.2, 0.25) is 0 Å². The number of fused-ring (bicyclic) bond motifs is 1. The molecule has 0 fully saturated rings. The van der Waals surface area contributed by atoms with Crippen LogP contribution in [0.15, 0.2) is 22.7 Å². The van der Waals surface area contributed by atoms with Crippen LogP contribution in [0.25, 0.3) is 0 Å². The first-order valence-corrected chi connectivity index (χ1v) is 5.08. The Balaban J connectivity index is 2.49. The molecule has 1 heterocycles. The topological polar surface area (TPSA) is 46.5 Å². The first-order chi connectivity index (χ1) is 6.59. The van der Waals surface area contributed by atoms with Crippen molar-refractivity contribution in [3.8, 4) is 5.75 Å². The van der Waals surface area contributed by atoms with Crippen LogP contribution in [0.2, 0.25) is 0 Å². The molecule has 1 aliphatic heterocycles. The summed E-state index contributed by atoms with van der Waals surface area (Å²) in [6.07, 6.45) is -0.295. The number of carboxylic acids is 1. The molecule has 0 aliphatic carbocycles. The Hall–Kier alpha value is -1.03. The molecule has 1 N–H and O–H groups in total. The summed E-state index contributed by atoms with van der Waals surface area (Å²) in [6.45, 7) is 1.77. The lowest BCUT2D eigenvalue weighted by molar-refractivity contribution is -0.140. The van der Waals surface area contributed by atoms with Crippen LogP contribution in [0, 0.1) is 0 Å². The van der Waals surface area contributed by atoms with Crippen LogP contribution in [-0.2, 0) is 4.79 Å². The van der Waals surface area contributed by atoms with E-state index < -0.39 is 11.9 Å². The predicted molar refractivity (Wildman–Crippen MR) is 54.6 cm³/mol. The molecule has 1 aliphatic rings. The van der Waals surface area contributed by atoms with E-state index in [0.29, 0.717) is 5.75 Å². The number of carbonyl (C=O) groups is 1. The van der Waals surface area contributed by atoms with Gasteiger partial charge in [-0.15, -0.1) is 0 Å². The van der Waals surface area contributed by atoms with Gasteiger partial charge in [0.05, 0.1) is 0 Å². The highest BCUT2D eigenvalue weighted by molar-refractivity contribution is 9.10. The Morgan fingerprint density at radius 2 is 2.29 bits per heavy atom. The molecular weight excluding hydrogens is 248 g/mol. The average Bonchev–Trinajstić information content (AvgIpc) is 2.40. The number of aliphatic carboxylic acids is 1. The molecule has 3 nitrogen and oxygen atoms in total. The minimum absolute atomic E-state index is 0.295. The Kier molecular flexibility index (Phi) is 2.23. The van der Waals surface area contributed by atoms with Crippen molar-refractivity contribution in [3.63, 3.8) is 0 Å². The van der Waals surface area contributed by atoms with Crippen molar-refractivity contribution in [2.24, 2.45) is 0 Å². The number of ether oxygens (including phenoxy) is 1. The SMILES string of the molecule is CC1Oc2ccc(Br)cc2C1C(=O)O. The summed E-state index contributed by atoms with van der Waals surface area (Å²) in [5, 5.41) is 9.03. The Labute approximate surface area is 89.8 Å². The van der Waals surface area contributed by atoms with Gasteiger partial charge in [-0.1, -0.05) is 15.9 Å². The van der Waals surface area contributed by atoms with Gasteiger partial charge in [0.1, 0.15) is 17.8 Å². The highest BCUT2D eigenvalue weighted by Gasteiger charge is 2.36. The summed E-state index contributed by atoms with van der Waals surface area (Å²) < 4.78 is 6.31. The fraction of sp³-hybridized carbons (Fsp3) is 0.300. The average molecular weight is 257 g/mol. The molecule has 2 rings (SSSR count). The van der Waals surface area contributed by atoms with Gasteiger partial charge in [-0.3, -0.25) is 4.79 Å². The van der Waals surface area contributed by atoms with Crippen LogP contribution < -0.4 is 4.74 Å². The van der Waals surface area contributed by atoms with Gasteiger partial charge in [-0.2, -0.15) is 0 Å². The molecular formula is C10H9BrO3. The van der Waals surface area contributed by atoms with Gasteiger partial charge < -0.3 is 9.84 Å². The molecule has 2 atom stereocenters. The highest BCUT2D eigenvalue weighted by atomic mass is 79.9. The van der Waals surface area contributed by atoms with Crippen molar-refractivity contribution in [3.05, 3.63) is 28.2 Å². The van der Waals surface area contributed by atoms with E-state index in [2.05, 4.69) is 15.9 Å². The third-order valence-electron chi connectivity index (χ3n) is 2.36. The number of benzene rings is 1. The van der Waals surface area contributed by atoms with E-state index in [9.17, 15) is 4.79 Å². The maximum atomic E-state index is 11.0. The van der Waals surface area contributed by atoms with Crippen molar-refractivity contribution in [2.45, 2.75) is 18.9 Å². The van der Waals surface area contributed by atoms with Crippen LogP contribution in [-0.4, -0.2) is 17.2 Å². The zero-order valence-electron chi connectivity index (χ0n) is 7.53. The van der Waals surface area contributed by atoms with Gasteiger partial charge in [-0.25, -0.2) is 0 Å². The minimum atomic E-state index is -0.839. The van der Waals surface area contributed by atoms with Crippen molar-refractivity contribution < 1.29 is 14.6 Å². The molecule has 0 bridgehead atoms. The van der Waals surface area contributed by atoms with Crippen LogP contribution in [0.1, 0.15) is 18.4 Å². The normalized spacial score (nSPS) is 24.1. The van der Waals surface area contributed by atoms with Crippen LogP contribution in [0.5, 0.6) is 5.75 Å². The van der Waals surface area contributed by atoms with Crippen molar-refractivity contribution in [1.29, 1.82) is 0 Å². The number of hydrogen-bond donors (Lipinski definition) is 1. The van der Waals surface area contributed by atoms with Crippen molar-refractivity contribution in [1.82, 2.24) is 0 Å². The summed E-state index contributed by atoms with van der Waals surface area (Å²) in [6, 6.07) is 5.44. The molecule has 14 heavy (non-hydrogen) atoms. The minimum Gasteiger partial charge on any atom is -0.489 e. The number of carboxylic acid groups (broad SMARTS) is 1. The van der Waals surface area contributed by atoms with Crippen LogP contribution in [0.3, 0.4) is 0 Å². The van der Waals surface area contributed by atoms with Gasteiger partial charge in [0.15, 0.2) is 0 Å². The summed E-state index contributed by atoms with van der Waals surface area (Å²) in [4.78, 5) is 11.0. The van der Waals surface area contributed by atoms with Crippen molar-refractivity contribution >= 4 is 21.9 Å². The second kappa shape index (κ2) is 3.28. The highest BCUT2D eigenvalue weighted by Crippen LogP contribution is 2.39. The maximum Gasteiger partial charge on any atom is 0.314 e. The van der Waals surface area contributed by atoms with Gasteiger partial charge in [0, 0.05) is 10.0 Å². The zero-order chi connectivity index (χ0) is 10.3. The molecule has 4 heteroatoms. The van der Waals surface area contributed by atoms with Crippen molar-refractivity contribution in [2.75, 3.05) is 0 Å². The molecule has 0 radical (unpaired) electrons. The molecule has 2 unspecified atom stereocenters. The predicted octanol–water partition coefficient (Wildman–Crippen LogP) is 2.40. The Morgan fingerprint density at radius 3 is 2.93 bits per heavy atom. The lowest BCUT2D eigenvalue weighted by atomic mass is 9.97. The number of rotatable bonds is 1. The first kappa shape index (κ1) is 9.52. The lowest BCUT2D eigenvalue weighted by Gasteiger charge is -2.08. The zero-order valence-corrected chi connectivity index (χ0v) is 9.11. The molecule has 0 amide bonds. The molecule has 74 valence electrons. The van der Waals surface area contributed by atoms with E-state index in [1.165, 1.54) is 0 Å². The van der Waals surface area contributed by atoms with Gasteiger partial charge in [0.25, 0.3) is 0 Å². The van der Waals surface area contributed by atoms with Gasteiger partial charge in [-0.05, 0) is 25.1 Å². The second-order valence-corrected chi connectivity index (χ2v) is 4.24. The fourth-order valence-corrected chi connectivity index (χ4v) is 2.10. The molecule has 0 aromatic heterocycles. The second-order valence-electron chi connectivity index (χ2n) is 3.32. The number of halogens is 1. The van der Waals surface area contributed by atoms with E-state index in [-0.39, 0.29) is 6.10 Å². The fourth-order valence-electron chi connectivity index (χ4n) is 1.72. The van der Waals surface area contributed by atoms with E-state index in [1.54, 1.807) is 19.1 Å². The molecule has 0 saturated heterocycles. The standard InChI is InChI=1S/C10H9BrO3/c1-5-9(10(12)13)7-4-6(11)2-3-8(7)14-5/h2-5,9H,1H3,(H,12,13). The third kappa shape index (κ3) is 1.39. The summed E-state index contributed by atoms with van der Waals surface area (Å²) in [5.41, 5.74) is 0.749. The first-order valence-electron chi connectivity index (χ1n) is 4.28. The third-order valence-corrected chi connectivity index (χ3v) is 2.85. The lowest BCUT2D eigenvalue weighted by Crippen LogP contribution is -2.21. The quantitative estimate of drug-likeness (QED) is 0.840. The summed E-state index contributed by atoms with van der Waals surface area (Å²) >= 11 is 3.31. The van der Waals surface area contributed by atoms with Crippen LogP contribution in [0.4, 0.5) is 0 Å². The van der Waals surface area contributed by atoms with Gasteiger partial charge >= 0.3 is 5.97 Å². The smallest absolute Gasteiger partial charge is 0.314 e. The van der Waals surface area contributed by atoms with E-state index >= 15 is 0 Å². The maximum absolute atomic E-state index is 11.0. The van der Waals surface area contributed by atoms with Crippen LogP contribution >= 0.6 is 15.9 Å². The Bertz CT molecular complexity index is 389. The molecule has 0 saturated carbocycles. The van der Waals surface area contributed by atoms with E-state index in [1.807, 2.05) is 6.07 Å². The molecule has 1 aromatic carbocycles. The monoisotopic (exact) mass is 256 g/mol. The summed E-state index contributed by atoms with van der Waals surface area (Å²) in [5.74, 6) is -0.718. The summed E-state index contributed by atoms with van der Waals surface area (Å²) in [7, 11) is 0. The van der Waals surface area contributed by atoms with E-state index in [4.69, 9.17) is 9.84 Å². The largest absolute Gasteiger partial charge is 0.489 e. The number of hydrogen-bond acceptors (Lipinski definition) is 2. The Morgan fingerprint density at radius 1 is 1.57 bits per heavy atom. The molecule has 1 aromatic rings. The van der Waals surface area contributed by atoms with E-state index in [0.717, 1.165) is 10.0 Å².